The predicted octanol–water partition coefficient (Wildman–Crippen LogP) is 2.10. The summed E-state index contributed by atoms with van der Waals surface area (Å²) in [6, 6.07) is 5.07. The van der Waals surface area contributed by atoms with Gasteiger partial charge in [-0.1, -0.05) is 11.2 Å². The van der Waals surface area contributed by atoms with E-state index in [0.29, 0.717) is 18.7 Å². The summed E-state index contributed by atoms with van der Waals surface area (Å²) < 4.78 is 5.25. The molecule has 22 heavy (non-hydrogen) atoms. The van der Waals surface area contributed by atoms with Gasteiger partial charge in [0, 0.05) is 26.7 Å². The molecule has 1 atom stereocenters. The summed E-state index contributed by atoms with van der Waals surface area (Å²) in [5, 5.41) is 5.81. The standard InChI is InChI=1S/C15H17N3O3S/c1-17(2)15(20)11-5-3-7-18(11)14(19)10-9-12(21-16-10)13-6-4-8-22-13/h4,6,8-9,11H,3,5,7H2,1-2H3. The van der Waals surface area contributed by atoms with Crippen LogP contribution >= 0.6 is 11.3 Å². The first-order chi connectivity index (χ1) is 10.6. The van der Waals surface area contributed by atoms with Crippen molar-refractivity contribution >= 4 is 23.2 Å². The third-order valence-electron chi connectivity index (χ3n) is 3.73. The number of hydrogen-bond donors (Lipinski definition) is 0. The first-order valence-corrected chi connectivity index (χ1v) is 7.98. The molecule has 3 rings (SSSR count). The van der Waals surface area contributed by atoms with Gasteiger partial charge in [0.15, 0.2) is 11.5 Å². The topological polar surface area (TPSA) is 66.7 Å². The van der Waals surface area contributed by atoms with Crippen molar-refractivity contribution in [1.82, 2.24) is 15.0 Å². The second-order valence-electron chi connectivity index (χ2n) is 5.44. The Bertz CT molecular complexity index is 678. The molecule has 2 aromatic rings. The van der Waals surface area contributed by atoms with E-state index in [1.165, 1.54) is 16.2 Å². The molecule has 2 aromatic heterocycles. The molecular formula is C15H17N3O3S. The Kier molecular flexibility index (Phi) is 3.98. The van der Waals surface area contributed by atoms with Gasteiger partial charge in [0.25, 0.3) is 5.91 Å². The number of carbonyl (C=O) groups is 2. The average molecular weight is 319 g/mol. The lowest BCUT2D eigenvalue weighted by atomic mass is 10.2. The van der Waals surface area contributed by atoms with E-state index in [9.17, 15) is 9.59 Å². The fourth-order valence-electron chi connectivity index (χ4n) is 2.62. The largest absolute Gasteiger partial charge is 0.355 e. The van der Waals surface area contributed by atoms with E-state index < -0.39 is 6.04 Å². The number of carbonyl (C=O) groups excluding carboxylic acids is 2. The number of rotatable bonds is 3. The molecule has 1 saturated heterocycles. The van der Waals surface area contributed by atoms with Gasteiger partial charge in [-0.15, -0.1) is 11.3 Å². The van der Waals surface area contributed by atoms with Gasteiger partial charge >= 0.3 is 0 Å². The molecular weight excluding hydrogens is 302 g/mol. The predicted molar refractivity (Wildman–Crippen MR) is 82.6 cm³/mol. The fraction of sp³-hybridized carbons (Fsp3) is 0.400. The molecule has 1 aliphatic heterocycles. The monoisotopic (exact) mass is 319 g/mol. The van der Waals surface area contributed by atoms with Gasteiger partial charge in [-0.05, 0) is 24.3 Å². The van der Waals surface area contributed by atoms with Gasteiger partial charge in [0.1, 0.15) is 6.04 Å². The van der Waals surface area contributed by atoms with E-state index in [4.69, 9.17) is 4.52 Å². The normalized spacial score (nSPS) is 17.7. The summed E-state index contributed by atoms with van der Waals surface area (Å²) >= 11 is 1.52. The van der Waals surface area contributed by atoms with Crippen molar-refractivity contribution in [2.24, 2.45) is 0 Å². The first-order valence-electron chi connectivity index (χ1n) is 7.10. The lowest BCUT2D eigenvalue weighted by Gasteiger charge is -2.25. The Balaban J connectivity index is 1.80. The molecule has 3 heterocycles. The van der Waals surface area contributed by atoms with Crippen LogP contribution in [0.15, 0.2) is 28.1 Å². The van der Waals surface area contributed by atoms with Crippen molar-refractivity contribution in [1.29, 1.82) is 0 Å². The maximum atomic E-state index is 12.6. The van der Waals surface area contributed by atoms with E-state index >= 15 is 0 Å². The van der Waals surface area contributed by atoms with E-state index in [1.54, 1.807) is 25.1 Å². The van der Waals surface area contributed by atoms with Crippen LogP contribution in [0.5, 0.6) is 0 Å². The lowest BCUT2D eigenvalue weighted by molar-refractivity contribution is -0.132. The minimum atomic E-state index is -0.399. The Hall–Kier alpha value is -2.15. The molecule has 0 bridgehead atoms. The van der Waals surface area contributed by atoms with Gasteiger partial charge in [0.2, 0.25) is 5.91 Å². The highest BCUT2D eigenvalue weighted by Gasteiger charge is 2.36. The molecule has 2 amide bonds. The zero-order chi connectivity index (χ0) is 15.7. The summed E-state index contributed by atoms with van der Waals surface area (Å²) in [5.74, 6) is 0.283. The van der Waals surface area contributed by atoms with Crippen LogP contribution in [0.4, 0.5) is 0 Å². The van der Waals surface area contributed by atoms with Crippen molar-refractivity contribution in [3.05, 3.63) is 29.3 Å². The molecule has 0 saturated carbocycles. The van der Waals surface area contributed by atoms with Crippen LogP contribution < -0.4 is 0 Å². The third kappa shape index (κ3) is 2.64. The SMILES string of the molecule is CN(C)C(=O)C1CCCN1C(=O)c1cc(-c2cccs2)on1. The van der Waals surface area contributed by atoms with Gasteiger partial charge in [-0.2, -0.15) is 0 Å². The Morgan fingerprint density at radius 2 is 2.27 bits per heavy atom. The van der Waals surface area contributed by atoms with Crippen LogP contribution in [-0.2, 0) is 4.79 Å². The summed E-state index contributed by atoms with van der Waals surface area (Å²) in [4.78, 5) is 28.8. The van der Waals surface area contributed by atoms with Crippen molar-refractivity contribution in [2.45, 2.75) is 18.9 Å². The summed E-state index contributed by atoms with van der Waals surface area (Å²) in [5.41, 5.74) is 0.252. The lowest BCUT2D eigenvalue weighted by Crippen LogP contribution is -2.45. The Morgan fingerprint density at radius 1 is 1.45 bits per heavy atom. The Morgan fingerprint density at radius 3 is 2.95 bits per heavy atom. The van der Waals surface area contributed by atoms with Crippen LogP contribution in [0, 0.1) is 0 Å². The number of likely N-dealkylation sites (N-methyl/N-ethyl adjacent to an activating group) is 1. The zero-order valence-electron chi connectivity index (χ0n) is 12.5. The zero-order valence-corrected chi connectivity index (χ0v) is 13.3. The van der Waals surface area contributed by atoms with Crippen molar-refractivity contribution in [2.75, 3.05) is 20.6 Å². The number of aromatic nitrogens is 1. The first kappa shape index (κ1) is 14.8. The maximum absolute atomic E-state index is 12.6. The molecule has 1 unspecified atom stereocenters. The smallest absolute Gasteiger partial charge is 0.276 e. The van der Waals surface area contributed by atoms with Crippen molar-refractivity contribution in [3.63, 3.8) is 0 Å². The third-order valence-corrected chi connectivity index (χ3v) is 4.62. The molecule has 0 aromatic carbocycles. The molecule has 7 heteroatoms. The van der Waals surface area contributed by atoms with E-state index in [1.807, 2.05) is 17.5 Å². The van der Waals surface area contributed by atoms with Crippen molar-refractivity contribution < 1.29 is 14.1 Å². The highest BCUT2D eigenvalue weighted by Crippen LogP contribution is 2.27. The second kappa shape index (κ2) is 5.92. The van der Waals surface area contributed by atoms with E-state index in [0.717, 1.165) is 11.3 Å². The summed E-state index contributed by atoms with van der Waals surface area (Å²) in [6.45, 7) is 0.574. The molecule has 0 aliphatic carbocycles. The maximum Gasteiger partial charge on any atom is 0.276 e. The van der Waals surface area contributed by atoms with Crippen LogP contribution in [0.1, 0.15) is 23.3 Å². The highest BCUT2D eigenvalue weighted by atomic mass is 32.1. The van der Waals surface area contributed by atoms with Gasteiger partial charge < -0.3 is 14.3 Å². The summed E-state index contributed by atoms with van der Waals surface area (Å²) in [7, 11) is 3.41. The molecule has 6 nitrogen and oxygen atoms in total. The fourth-order valence-corrected chi connectivity index (χ4v) is 3.30. The Labute approximate surface area is 132 Å². The van der Waals surface area contributed by atoms with E-state index in [2.05, 4.69) is 5.16 Å². The quantitative estimate of drug-likeness (QED) is 0.869. The highest BCUT2D eigenvalue weighted by molar-refractivity contribution is 7.13. The molecule has 1 aliphatic rings. The van der Waals surface area contributed by atoms with Crippen LogP contribution in [0.2, 0.25) is 0 Å². The minimum Gasteiger partial charge on any atom is -0.355 e. The molecule has 0 spiro atoms. The van der Waals surface area contributed by atoms with Crippen LogP contribution in [0.25, 0.3) is 10.6 Å². The van der Waals surface area contributed by atoms with Gasteiger partial charge in [0.05, 0.1) is 4.88 Å². The number of hydrogen-bond acceptors (Lipinski definition) is 5. The molecule has 116 valence electrons. The number of amides is 2. The molecule has 0 radical (unpaired) electrons. The van der Waals surface area contributed by atoms with Crippen molar-refractivity contribution in [3.8, 4) is 10.6 Å². The van der Waals surface area contributed by atoms with Crippen LogP contribution in [0.3, 0.4) is 0 Å². The molecule has 1 fully saturated rings. The number of likely N-dealkylation sites (tertiary alicyclic amines) is 1. The number of nitrogens with zero attached hydrogens (tertiary/aromatic N) is 3. The minimum absolute atomic E-state index is 0.0483. The molecule has 0 N–H and O–H groups in total. The summed E-state index contributed by atoms with van der Waals surface area (Å²) in [6.07, 6.45) is 1.52. The van der Waals surface area contributed by atoms with Gasteiger partial charge in [-0.3, -0.25) is 9.59 Å². The number of thiophene rings is 1. The second-order valence-corrected chi connectivity index (χ2v) is 6.39. The van der Waals surface area contributed by atoms with Crippen LogP contribution in [-0.4, -0.2) is 53.5 Å². The van der Waals surface area contributed by atoms with E-state index in [-0.39, 0.29) is 17.5 Å². The van der Waals surface area contributed by atoms with Gasteiger partial charge in [-0.25, -0.2) is 0 Å². The average Bonchev–Trinajstić information content (AvgIpc) is 3.24.